The van der Waals surface area contributed by atoms with E-state index < -0.39 is 0 Å². The Morgan fingerprint density at radius 2 is 2.26 bits per heavy atom. The van der Waals surface area contributed by atoms with Crippen LogP contribution < -0.4 is 15.4 Å². The van der Waals surface area contributed by atoms with E-state index in [0.29, 0.717) is 18.5 Å². The molecule has 1 aromatic heterocycles. The van der Waals surface area contributed by atoms with Gasteiger partial charge >= 0.3 is 0 Å². The Labute approximate surface area is 115 Å². The largest absolute Gasteiger partial charge is 0.478 e. The van der Waals surface area contributed by atoms with E-state index >= 15 is 0 Å². The second-order valence-electron chi connectivity index (χ2n) is 5.18. The third-order valence-corrected chi connectivity index (χ3v) is 3.72. The lowest BCUT2D eigenvalue weighted by atomic mass is 9.96. The Bertz CT molecular complexity index is 422. The minimum absolute atomic E-state index is 0.144. The van der Waals surface area contributed by atoms with Crippen molar-refractivity contribution >= 4 is 5.82 Å². The number of nitrogens with two attached hydrogens (primary N) is 1. The Kier molecular flexibility index (Phi) is 4.58. The molecule has 2 atom stereocenters. The Hall–Kier alpha value is -1.36. The standard InChI is InChI=1S/C14H24N4O/c1-4-19-14-10(2)13(16-9-17-14)18-8-6-5-7-12(18)11(3)15/h9,11-12H,4-8,15H2,1-3H3. The van der Waals surface area contributed by atoms with Crippen molar-refractivity contribution in [3.63, 3.8) is 0 Å². The predicted molar refractivity (Wildman–Crippen MR) is 76.6 cm³/mol. The van der Waals surface area contributed by atoms with E-state index in [4.69, 9.17) is 10.5 Å². The maximum absolute atomic E-state index is 6.13. The van der Waals surface area contributed by atoms with Gasteiger partial charge in [-0.05, 0) is 40.0 Å². The van der Waals surface area contributed by atoms with Crippen molar-refractivity contribution in [3.8, 4) is 5.88 Å². The minimum atomic E-state index is 0.144. The smallest absolute Gasteiger partial charge is 0.221 e. The van der Waals surface area contributed by atoms with Crippen LogP contribution in [-0.4, -0.2) is 35.2 Å². The normalized spacial score (nSPS) is 21.3. The highest BCUT2D eigenvalue weighted by molar-refractivity contribution is 5.51. The van der Waals surface area contributed by atoms with Crippen molar-refractivity contribution in [1.29, 1.82) is 0 Å². The molecular weight excluding hydrogens is 240 g/mol. The van der Waals surface area contributed by atoms with E-state index in [1.807, 2.05) is 13.8 Å². The molecule has 1 fully saturated rings. The number of rotatable bonds is 4. The van der Waals surface area contributed by atoms with Crippen LogP contribution in [0.5, 0.6) is 5.88 Å². The van der Waals surface area contributed by atoms with Gasteiger partial charge in [0.05, 0.1) is 12.2 Å². The van der Waals surface area contributed by atoms with Crippen LogP contribution in [-0.2, 0) is 0 Å². The topological polar surface area (TPSA) is 64.3 Å². The zero-order chi connectivity index (χ0) is 13.8. The quantitative estimate of drug-likeness (QED) is 0.899. The summed E-state index contributed by atoms with van der Waals surface area (Å²) in [5.41, 5.74) is 7.14. The highest BCUT2D eigenvalue weighted by Crippen LogP contribution is 2.30. The number of aromatic nitrogens is 2. The van der Waals surface area contributed by atoms with Crippen LogP contribution in [0.2, 0.25) is 0 Å². The molecule has 0 saturated carbocycles. The second kappa shape index (κ2) is 6.19. The Morgan fingerprint density at radius 1 is 1.47 bits per heavy atom. The van der Waals surface area contributed by atoms with Gasteiger partial charge in [-0.3, -0.25) is 0 Å². The zero-order valence-corrected chi connectivity index (χ0v) is 12.1. The van der Waals surface area contributed by atoms with E-state index in [1.165, 1.54) is 12.8 Å². The average molecular weight is 264 g/mol. The third-order valence-electron chi connectivity index (χ3n) is 3.72. The van der Waals surface area contributed by atoms with Gasteiger partial charge in [-0.25, -0.2) is 9.97 Å². The van der Waals surface area contributed by atoms with E-state index in [0.717, 1.165) is 24.3 Å². The fourth-order valence-corrected chi connectivity index (χ4v) is 2.76. The maximum atomic E-state index is 6.13. The molecule has 5 nitrogen and oxygen atoms in total. The van der Waals surface area contributed by atoms with Gasteiger partial charge in [0, 0.05) is 18.6 Å². The first-order valence-corrected chi connectivity index (χ1v) is 7.11. The maximum Gasteiger partial charge on any atom is 0.221 e. The summed E-state index contributed by atoms with van der Waals surface area (Å²) in [6.07, 6.45) is 5.15. The van der Waals surface area contributed by atoms with Gasteiger partial charge in [-0.1, -0.05) is 0 Å². The summed E-state index contributed by atoms with van der Waals surface area (Å²) in [5.74, 6) is 1.65. The molecular formula is C14H24N4O. The van der Waals surface area contributed by atoms with Gasteiger partial charge in [0.1, 0.15) is 12.1 Å². The fraction of sp³-hybridized carbons (Fsp3) is 0.714. The number of anilines is 1. The summed E-state index contributed by atoms with van der Waals surface area (Å²) in [6.45, 7) is 7.69. The van der Waals surface area contributed by atoms with Crippen molar-refractivity contribution in [3.05, 3.63) is 11.9 Å². The number of nitrogens with zero attached hydrogens (tertiary/aromatic N) is 3. The second-order valence-corrected chi connectivity index (χ2v) is 5.18. The number of piperidine rings is 1. The summed E-state index contributed by atoms with van der Waals surface area (Å²) in [6, 6.07) is 0.502. The van der Waals surface area contributed by atoms with Gasteiger partial charge in [-0.2, -0.15) is 0 Å². The monoisotopic (exact) mass is 264 g/mol. The SMILES string of the molecule is CCOc1ncnc(N2CCCCC2C(C)N)c1C. The van der Waals surface area contributed by atoms with Crippen molar-refractivity contribution in [2.24, 2.45) is 5.73 Å². The molecule has 1 aliphatic rings. The average Bonchev–Trinajstić information content (AvgIpc) is 2.41. The molecule has 19 heavy (non-hydrogen) atoms. The number of hydrogen-bond donors (Lipinski definition) is 1. The Balaban J connectivity index is 2.31. The lowest BCUT2D eigenvalue weighted by Gasteiger charge is -2.39. The molecule has 0 bridgehead atoms. The van der Waals surface area contributed by atoms with Crippen LogP contribution >= 0.6 is 0 Å². The molecule has 0 aliphatic carbocycles. The molecule has 0 aromatic carbocycles. The first-order chi connectivity index (χ1) is 9.15. The van der Waals surface area contributed by atoms with E-state index in [-0.39, 0.29) is 6.04 Å². The van der Waals surface area contributed by atoms with Crippen LogP contribution in [0.25, 0.3) is 0 Å². The Morgan fingerprint density at radius 3 is 2.95 bits per heavy atom. The summed E-state index contributed by atoms with van der Waals surface area (Å²) < 4.78 is 5.55. The highest BCUT2D eigenvalue weighted by atomic mass is 16.5. The van der Waals surface area contributed by atoms with Crippen LogP contribution in [0.15, 0.2) is 6.33 Å². The summed E-state index contributed by atoms with van der Waals surface area (Å²) in [7, 11) is 0. The van der Waals surface area contributed by atoms with Crippen LogP contribution in [0.4, 0.5) is 5.82 Å². The van der Waals surface area contributed by atoms with Gasteiger partial charge < -0.3 is 15.4 Å². The minimum Gasteiger partial charge on any atom is -0.478 e. The van der Waals surface area contributed by atoms with Gasteiger partial charge in [0.25, 0.3) is 0 Å². The molecule has 1 aromatic rings. The molecule has 2 N–H and O–H groups in total. The van der Waals surface area contributed by atoms with Crippen LogP contribution in [0, 0.1) is 6.92 Å². The van der Waals surface area contributed by atoms with E-state index in [9.17, 15) is 0 Å². The van der Waals surface area contributed by atoms with Crippen LogP contribution in [0.1, 0.15) is 38.7 Å². The molecule has 0 radical (unpaired) electrons. The lowest BCUT2D eigenvalue weighted by molar-refractivity contribution is 0.322. The van der Waals surface area contributed by atoms with Gasteiger partial charge in [-0.15, -0.1) is 0 Å². The molecule has 5 heteroatoms. The summed E-state index contributed by atoms with van der Waals surface area (Å²) in [5, 5.41) is 0. The first kappa shape index (κ1) is 14.1. The van der Waals surface area contributed by atoms with Crippen LogP contribution in [0.3, 0.4) is 0 Å². The molecule has 1 aliphatic heterocycles. The molecule has 2 unspecified atom stereocenters. The predicted octanol–water partition coefficient (Wildman–Crippen LogP) is 1.89. The van der Waals surface area contributed by atoms with Crippen molar-refractivity contribution < 1.29 is 4.74 Å². The van der Waals surface area contributed by atoms with Gasteiger partial charge in [0.15, 0.2) is 0 Å². The highest BCUT2D eigenvalue weighted by Gasteiger charge is 2.28. The summed E-state index contributed by atoms with van der Waals surface area (Å²) in [4.78, 5) is 11.0. The molecule has 2 rings (SSSR count). The number of ether oxygens (including phenoxy) is 1. The zero-order valence-electron chi connectivity index (χ0n) is 12.1. The first-order valence-electron chi connectivity index (χ1n) is 7.11. The van der Waals surface area contributed by atoms with Crippen molar-refractivity contribution in [2.75, 3.05) is 18.1 Å². The molecule has 0 spiro atoms. The van der Waals surface area contributed by atoms with Crippen molar-refractivity contribution in [2.45, 2.75) is 52.1 Å². The summed E-state index contributed by atoms with van der Waals surface area (Å²) >= 11 is 0. The van der Waals surface area contributed by atoms with E-state index in [2.05, 4.69) is 21.8 Å². The molecule has 0 amide bonds. The fourth-order valence-electron chi connectivity index (χ4n) is 2.76. The lowest BCUT2D eigenvalue weighted by Crippen LogP contribution is -2.49. The van der Waals surface area contributed by atoms with Crippen molar-refractivity contribution in [1.82, 2.24) is 9.97 Å². The molecule has 1 saturated heterocycles. The molecule has 2 heterocycles. The van der Waals surface area contributed by atoms with Gasteiger partial charge in [0.2, 0.25) is 5.88 Å². The molecule has 106 valence electrons. The van der Waals surface area contributed by atoms with E-state index in [1.54, 1.807) is 6.33 Å². The third kappa shape index (κ3) is 2.97. The number of hydrogen-bond acceptors (Lipinski definition) is 5.